The number of nitrogens with two attached hydrogens (primary N) is 1. The normalized spacial score (nSPS) is 12.4. The van der Waals surface area contributed by atoms with Crippen molar-refractivity contribution in [3.63, 3.8) is 0 Å². The second-order valence-electron chi connectivity index (χ2n) is 3.45. The van der Waals surface area contributed by atoms with Crippen molar-refractivity contribution in [2.45, 2.75) is 18.9 Å². The summed E-state index contributed by atoms with van der Waals surface area (Å²) in [6.45, 7) is 0. The summed E-state index contributed by atoms with van der Waals surface area (Å²) in [4.78, 5) is 10.7. The summed E-state index contributed by atoms with van der Waals surface area (Å²) in [6, 6.07) is 4.88. The van der Waals surface area contributed by atoms with Crippen LogP contribution >= 0.6 is 11.6 Å². The summed E-state index contributed by atoms with van der Waals surface area (Å²) < 4.78 is 0. The molecule has 0 aliphatic heterocycles. The number of carbonyl (C=O) groups is 1. The number of aliphatic hydroxyl groups is 1. The number of alkyl halides is 1. The van der Waals surface area contributed by atoms with Crippen molar-refractivity contribution in [3.8, 4) is 0 Å². The standard InChI is InChI=1S/C11H14ClNO3/c12-6-2-4-7-8(10(14)11(15)16)3-1-5-9(7)13/h1,3,5,10,14H,2,4,6,13H2,(H,15,16). The molecule has 5 heteroatoms. The van der Waals surface area contributed by atoms with Crippen molar-refractivity contribution >= 4 is 23.3 Å². The highest BCUT2D eigenvalue weighted by Crippen LogP contribution is 2.25. The first-order valence-corrected chi connectivity index (χ1v) is 5.45. The zero-order valence-electron chi connectivity index (χ0n) is 8.69. The third-order valence-electron chi connectivity index (χ3n) is 2.34. The maximum absolute atomic E-state index is 10.7. The molecule has 4 nitrogen and oxygen atoms in total. The number of nitrogen functional groups attached to an aromatic ring is 1. The zero-order valence-corrected chi connectivity index (χ0v) is 9.44. The smallest absolute Gasteiger partial charge is 0.337 e. The average Bonchev–Trinajstić information content (AvgIpc) is 2.26. The fourth-order valence-electron chi connectivity index (χ4n) is 1.54. The third kappa shape index (κ3) is 2.87. The average molecular weight is 244 g/mol. The molecule has 1 aromatic carbocycles. The Hall–Kier alpha value is -1.26. The lowest BCUT2D eigenvalue weighted by Crippen LogP contribution is -2.14. The number of benzene rings is 1. The molecular weight excluding hydrogens is 230 g/mol. The lowest BCUT2D eigenvalue weighted by atomic mass is 9.97. The van der Waals surface area contributed by atoms with Crippen LogP contribution in [-0.2, 0) is 11.2 Å². The van der Waals surface area contributed by atoms with Gasteiger partial charge in [-0.25, -0.2) is 4.79 Å². The summed E-state index contributed by atoms with van der Waals surface area (Å²) in [6.07, 6.45) is -0.279. The Balaban J connectivity index is 3.06. The largest absolute Gasteiger partial charge is 0.479 e. The molecule has 0 aliphatic carbocycles. The van der Waals surface area contributed by atoms with Gasteiger partial charge in [0.05, 0.1) is 0 Å². The van der Waals surface area contributed by atoms with E-state index in [1.807, 2.05) is 0 Å². The molecule has 0 spiro atoms. The van der Waals surface area contributed by atoms with Gasteiger partial charge < -0.3 is 15.9 Å². The molecule has 0 heterocycles. The van der Waals surface area contributed by atoms with E-state index in [9.17, 15) is 9.90 Å². The van der Waals surface area contributed by atoms with Gasteiger partial charge >= 0.3 is 5.97 Å². The summed E-state index contributed by atoms with van der Waals surface area (Å²) in [5.74, 6) is -0.811. The lowest BCUT2D eigenvalue weighted by Gasteiger charge is -2.14. The second-order valence-corrected chi connectivity index (χ2v) is 3.83. The number of carboxylic acid groups (broad SMARTS) is 1. The van der Waals surface area contributed by atoms with E-state index in [0.29, 0.717) is 35.5 Å². The number of hydrogen-bond acceptors (Lipinski definition) is 3. The quantitative estimate of drug-likeness (QED) is 0.541. The van der Waals surface area contributed by atoms with Crippen LogP contribution in [0.5, 0.6) is 0 Å². The Morgan fingerprint density at radius 1 is 1.50 bits per heavy atom. The number of anilines is 1. The van der Waals surface area contributed by atoms with Gasteiger partial charge in [-0.2, -0.15) is 0 Å². The Morgan fingerprint density at radius 2 is 2.19 bits per heavy atom. The van der Waals surface area contributed by atoms with E-state index in [4.69, 9.17) is 22.4 Å². The second kappa shape index (κ2) is 5.72. The lowest BCUT2D eigenvalue weighted by molar-refractivity contribution is -0.147. The molecule has 0 saturated heterocycles. The van der Waals surface area contributed by atoms with E-state index in [-0.39, 0.29) is 0 Å². The van der Waals surface area contributed by atoms with Gasteiger partial charge in [-0.05, 0) is 30.0 Å². The fraction of sp³-hybridized carbons (Fsp3) is 0.364. The maximum Gasteiger partial charge on any atom is 0.337 e. The van der Waals surface area contributed by atoms with Crippen molar-refractivity contribution < 1.29 is 15.0 Å². The summed E-state index contributed by atoms with van der Waals surface area (Å²) >= 11 is 5.58. The zero-order chi connectivity index (χ0) is 12.1. The van der Waals surface area contributed by atoms with Crippen LogP contribution in [-0.4, -0.2) is 22.1 Å². The molecule has 4 N–H and O–H groups in total. The fourth-order valence-corrected chi connectivity index (χ4v) is 1.68. The molecule has 0 aliphatic rings. The van der Waals surface area contributed by atoms with Gasteiger partial charge in [-0.3, -0.25) is 0 Å². The summed E-state index contributed by atoms with van der Waals surface area (Å²) in [5, 5.41) is 18.3. The first-order valence-electron chi connectivity index (χ1n) is 4.92. The van der Waals surface area contributed by atoms with Gasteiger partial charge in [0.15, 0.2) is 6.10 Å². The van der Waals surface area contributed by atoms with Crippen LogP contribution in [0.4, 0.5) is 5.69 Å². The Morgan fingerprint density at radius 3 is 2.75 bits per heavy atom. The van der Waals surface area contributed by atoms with Crippen molar-refractivity contribution in [1.29, 1.82) is 0 Å². The molecule has 0 saturated carbocycles. The van der Waals surface area contributed by atoms with E-state index >= 15 is 0 Å². The first-order chi connectivity index (χ1) is 7.57. The number of hydrogen-bond donors (Lipinski definition) is 3. The molecule has 0 amide bonds. The van der Waals surface area contributed by atoms with E-state index < -0.39 is 12.1 Å². The van der Waals surface area contributed by atoms with Gasteiger partial charge in [0.1, 0.15) is 0 Å². The number of halogens is 1. The van der Waals surface area contributed by atoms with E-state index in [1.54, 1.807) is 18.2 Å². The SMILES string of the molecule is Nc1cccc(C(O)C(=O)O)c1CCCCl. The van der Waals surface area contributed by atoms with Crippen LogP contribution in [0.3, 0.4) is 0 Å². The molecule has 1 unspecified atom stereocenters. The van der Waals surface area contributed by atoms with Crippen LogP contribution < -0.4 is 5.73 Å². The molecule has 0 bridgehead atoms. The molecule has 1 atom stereocenters. The molecule has 88 valence electrons. The minimum absolute atomic E-state index is 0.345. The van der Waals surface area contributed by atoms with Crippen molar-refractivity contribution in [1.82, 2.24) is 0 Å². The number of aliphatic carboxylic acids is 1. The number of rotatable bonds is 5. The monoisotopic (exact) mass is 243 g/mol. The van der Waals surface area contributed by atoms with Crippen LogP contribution in [0, 0.1) is 0 Å². The molecule has 0 aromatic heterocycles. The molecular formula is C11H14ClNO3. The highest BCUT2D eigenvalue weighted by atomic mass is 35.5. The highest BCUT2D eigenvalue weighted by Gasteiger charge is 2.20. The summed E-state index contributed by atoms with van der Waals surface area (Å²) in [7, 11) is 0. The third-order valence-corrected chi connectivity index (χ3v) is 2.60. The Bertz CT molecular complexity index is 381. The minimum atomic E-state index is -1.53. The van der Waals surface area contributed by atoms with Gasteiger partial charge in [0.2, 0.25) is 0 Å². The topological polar surface area (TPSA) is 83.5 Å². The summed E-state index contributed by atoms with van der Waals surface area (Å²) in [5.41, 5.74) is 7.25. The molecule has 16 heavy (non-hydrogen) atoms. The Labute approximate surface area is 98.6 Å². The maximum atomic E-state index is 10.7. The predicted octanol–water partition coefficient (Wildman–Crippen LogP) is 1.56. The molecule has 0 radical (unpaired) electrons. The van der Waals surface area contributed by atoms with Gasteiger partial charge in [-0.15, -0.1) is 11.6 Å². The highest BCUT2D eigenvalue weighted by molar-refractivity contribution is 6.17. The van der Waals surface area contributed by atoms with Gasteiger partial charge in [-0.1, -0.05) is 12.1 Å². The number of carboxylic acids is 1. The van der Waals surface area contributed by atoms with E-state index in [2.05, 4.69) is 0 Å². The van der Waals surface area contributed by atoms with Gasteiger partial charge in [0.25, 0.3) is 0 Å². The van der Waals surface area contributed by atoms with Crippen molar-refractivity contribution in [3.05, 3.63) is 29.3 Å². The minimum Gasteiger partial charge on any atom is -0.479 e. The van der Waals surface area contributed by atoms with Gasteiger partial charge in [0, 0.05) is 11.6 Å². The van der Waals surface area contributed by atoms with E-state index in [0.717, 1.165) is 0 Å². The van der Waals surface area contributed by atoms with Crippen LogP contribution in [0.2, 0.25) is 0 Å². The first kappa shape index (κ1) is 12.8. The van der Waals surface area contributed by atoms with E-state index in [1.165, 1.54) is 0 Å². The van der Waals surface area contributed by atoms with Crippen LogP contribution in [0.15, 0.2) is 18.2 Å². The van der Waals surface area contributed by atoms with Crippen LogP contribution in [0.25, 0.3) is 0 Å². The Kier molecular flexibility index (Phi) is 4.58. The molecule has 1 rings (SSSR count). The number of aliphatic hydroxyl groups excluding tert-OH is 1. The van der Waals surface area contributed by atoms with Crippen molar-refractivity contribution in [2.24, 2.45) is 0 Å². The molecule has 0 fully saturated rings. The van der Waals surface area contributed by atoms with Crippen molar-refractivity contribution in [2.75, 3.05) is 11.6 Å². The predicted molar refractivity (Wildman–Crippen MR) is 62.5 cm³/mol. The molecule has 1 aromatic rings. The van der Waals surface area contributed by atoms with Crippen LogP contribution in [0.1, 0.15) is 23.7 Å².